The van der Waals surface area contributed by atoms with Gasteiger partial charge in [0.25, 0.3) is 0 Å². The molecule has 4 rings (SSSR count). The number of ether oxygens (including phenoxy) is 1. The van der Waals surface area contributed by atoms with Gasteiger partial charge >= 0.3 is 0 Å². The van der Waals surface area contributed by atoms with E-state index in [4.69, 9.17) is 9.73 Å². The van der Waals surface area contributed by atoms with Crippen LogP contribution in [0.15, 0.2) is 4.99 Å². The van der Waals surface area contributed by atoms with Crippen molar-refractivity contribution in [3.05, 3.63) is 11.6 Å². The van der Waals surface area contributed by atoms with Crippen LogP contribution in [-0.4, -0.2) is 58.0 Å². The van der Waals surface area contributed by atoms with Gasteiger partial charge in [-0.25, -0.2) is 4.99 Å². The van der Waals surface area contributed by atoms with Crippen LogP contribution in [0.2, 0.25) is 0 Å². The summed E-state index contributed by atoms with van der Waals surface area (Å²) in [5, 5.41) is 11.9. The number of halogens is 1. The first-order chi connectivity index (χ1) is 11.2. The van der Waals surface area contributed by atoms with Crippen molar-refractivity contribution in [1.29, 1.82) is 0 Å². The van der Waals surface area contributed by atoms with Crippen molar-refractivity contribution in [2.45, 2.75) is 45.2 Å². The van der Waals surface area contributed by atoms with E-state index in [2.05, 4.69) is 20.4 Å². The number of likely N-dealkylation sites (tertiary alicyclic amines) is 1. The van der Waals surface area contributed by atoms with E-state index in [1.54, 1.807) is 0 Å². The summed E-state index contributed by atoms with van der Waals surface area (Å²) in [6, 6.07) is 0.603. The van der Waals surface area contributed by atoms with E-state index in [-0.39, 0.29) is 24.0 Å². The van der Waals surface area contributed by atoms with Crippen molar-refractivity contribution in [2.75, 3.05) is 26.3 Å². The fraction of sp³-hybridized carbons (Fsp3) is 0.812. The smallest absolute Gasteiger partial charge is 0.194 e. The fourth-order valence-corrected chi connectivity index (χ4v) is 3.47. The van der Waals surface area contributed by atoms with E-state index in [1.807, 2.05) is 18.5 Å². The maximum Gasteiger partial charge on any atom is 0.194 e. The van der Waals surface area contributed by atoms with Gasteiger partial charge in [0.15, 0.2) is 11.8 Å². The molecule has 1 N–H and O–H groups in total. The highest BCUT2D eigenvalue weighted by atomic mass is 127. The molecule has 1 unspecified atom stereocenters. The van der Waals surface area contributed by atoms with Crippen molar-refractivity contribution in [1.82, 2.24) is 25.0 Å². The summed E-state index contributed by atoms with van der Waals surface area (Å²) in [4.78, 5) is 7.27. The van der Waals surface area contributed by atoms with Crippen molar-refractivity contribution < 1.29 is 4.74 Å². The van der Waals surface area contributed by atoms with Gasteiger partial charge in [0, 0.05) is 38.2 Å². The van der Waals surface area contributed by atoms with Gasteiger partial charge in [-0.05, 0) is 32.6 Å². The maximum atomic E-state index is 5.64. The second-order valence-corrected chi connectivity index (χ2v) is 7.26. The highest BCUT2D eigenvalue weighted by molar-refractivity contribution is 14.0. The van der Waals surface area contributed by atoms with Crippen molar-refractivity contribution >= 4 is 29.9 Å². The highest BCUT2D eigenvalue weighted by Gasteiger charge is 2.42. The number of nitrogens with zero attached hydrogens (tertiary/aromatic N) is 5. The Morgan fingerprint density at radius 3 is 2.83 bits per heavy atom. The molecular formula is C16H27IN6O. The van der Waals surface area contributed by atoms with Crippen LogP contribution in [0.5, 0.6) is 0 Å². The van der Waals surface area contributed by atoms with Gasteiger partial charge in [-0.3, -0.25) is 0 Å². The number of guanidine groups is 1. The average molecular weight is 446 g/mol. The molecule has 0 amide bonds. The van der Waals surface area contributed by atoms with E-state index >= 15 is 0 Å². The Kier molecular flexibility index (Phi) is 5.33. The molecule has 24 heavy (non-hydrogen) atoms. The average Bonchev–Trinajstić information content (AvgIpc) is 2.95. The largest absolute Gasteiger partial charge is 0.381 e. The van der Waals surface area contributed by atoms with E-state index in [9.17, 15) is 0 Å². The normalized spacial score (nSPS) is 26.9. The molecule has 1 saturated carbocycles. The molecule has 1 atom stereocenters. The standard InChI is InChI=1S/C16H26N6O.HI/c1-12-19-20-14(21(12)2)9-17-15(18-13-3-4-13)22-7-5-16(10-22)6-8-23-11-16;/h13H,3-11H2,1-2H3,(H,17,18);1H. The zero-order valence-corrected chi connectivity index (χ0v) is 16.8. The minimum atomic E-state index is 0. The molecule has 2 aliphatic heterocycles. The molecule has 3 fully saturated rings. The second kappa shape index (κ2) is 7.15. The molecule has 1 aromatic heterocycles. The van der Waals surface area contributed by atoms with Gasteiger partial charge in [0.05, 0.1) is 6.61 Å². The lowest BCUT2D eigenvalue weighted by molar-refractivity contribution is 0.156. The zero-order valence-electron chi connectivity index (χ0n) is 14.5. The first-order valence-electron chi connectivity index (χ1n) is 8.64. The predicted molar refractivity (Wildman–Crippen MR) is 103 cm³/mol. The summed E-state index contributed by atoms with van der Waals surface area (Å²) in [5.41, 5.74) is 0.355. The van der Waals surface area contributed by atoms with E-state index < -0.39 is 0 Å². The molecular weight excluding hydrogens is 419 g/mol. The number of aliphatic imine (C=N–C) groups is 1. The second-order valence-electron chi connectivity index (χ2n) is 7.26. The van der Waals surface area contributed by atoms with Crippen LogP contribution in [0.4, 0.5) is 0 Å². The van der Waals surface area contributed by atoms with Crippen LogP contribution >= 0.6 is 24.0 Å². The molecule has 0 bridgehead atoms. The Hall–Kier alpha value is -0.900. The summed E-state index contributed by atoms with van der Waals surface area (Å²) in [6.45, 7) is 6.49. The summed E-state index contributed by atoms with van der Waals surface area (Å²) in [5.74, 6) is 2.88. The third kappa shape index (κ3) is 3.68. The van der Waals surface area contributed by atoms with Crippen LogP contribution in [-0.2, 0) is 18.3 Å². The van der Waals surface area contributed by atoms with Gasteiger partial charge < -0.3 is 19.5 Å². The van der Waals surface area contributed by atoms with Crippen molar-refractivity contribution in [3.8, 4) is 0 Å². The third-order valence-electron chi connectivity index (χ3n) is 5.39. The molecule has 0 radical (unpaired) electrons. The first-order valence-corrected chi connectivity index (χ1v) is 8.64. The van der Waals surface area contributed by atoms with Gasteiger partial charge in [-0.2, -0.15) is 0 Å². The monoisotopic (exact) mass is 446 g/mol. The molecule has 1 spiro atoms. The summed E-state index contributed by atoms with van der Waals surface area (Å²) >= 11 is 0. The predicted octanol–water partition coefficient (Wildman–Crippen LogP) is 1.46. The van der Waals surface area contributed by atoms with Gasteiger partial charge in [-0.1, -0.05) is 0 Å². The van der Waals surface area contributed by atoms with Crippen LogP contribution in [0.25, 0.3) is 0 Å². The molecule has 0 aromatic carbocycles. The summed E-state index contributed by atoms with van der Waals surface area (Å²) in [7, 11) is 1.99. The summed E-state index contributed by atoms with van der Waals surface area (Å²) < 4.78 is 7.65. The molecule has 1 aromatic rings. The Morgan fingerprint density at radius 2 is 2.21 bits per heavy atom. The van der Waals surface area contributed by atoms with Crippen LogP contribution in [0, 0.1) is 12.3 Å². The maximum absolute atomic E-state index is 5.64. The minimum absolute atomic E-state index is 0. The van der Waals surface area contributed by atoms with Crippen LogP contribution in [0.3, 0.4) is 0 Å². The van der Waals surface area contributed by atoms with E-state index in [0.29, 0.717) is 18.0 Å². The Morgan fingerprint density at radius 1 is 1.38 bits per heavy atom. The SMILES string of the molecule is Cc1nnc(CN=C(NC2CC2)N2CCC3(CCOC3)C2)n1C.I. The molecule has 8 heteroatoms. The quantitative estimate of drug-likeness (QED) is 0.433. The zero-order chi connectivity index (χ0) is 15.9. The topological polar surface area (TPSA) is 67.6 Å². The van der Waals surface area contributed by atoms with Gasteiger partial charge in [0.2, 0.25) is 0 Å². The Labute approximate surface area is 160 Å². The van der Waals surface area contributed by atoms with E-state index in [0.717, 1.165) is 43.9 Å². The first kappa shape index (κ1) is 17.9. The molecule has 3 heterocycles. The number of rotatable bonds is 3. The highest BCUT2D eigenvalue weighted by Crippen LogP contribution is 2.38. The fourth-order valence-electron chi connectivity index (χ4n) is 3.47. The molecule has 7 nitrogen and oxygen atoms in total. The van der Waals surface area contributed by atoms with Crippen LogP contribution < -0.4 is 5.32 Å². The van der Waals surface area contributed by atoms with Crippen molar-refractivity contribution in [3.63, 3.8) is 0 Å². The minimum Gasteiger partial charge on any atom is -0.381 e. The number of nitrogens with one attached hydrogen (secondary N) is 1. The number of hydrogen-bond acceptors (Lipinski definition) is 4. The van der Waals surface area contributed by atoms with Crippen molar-refractivity contribution in [2.24, 2.45) is 17.5 Å². The number of aromatic nitrogens is 3. The molecule has 3 aliphatic rings. The summed E-state index contributed by atoms with van der Waals surface area (Å²) in [6.07, 6.45) is 4.90. The van der Waals surface area contributed by atoms with E-state index in [1.165, 1.54) is 25.7 Å². The molecule has 134 valence electrons. The van der Waals surface area contributed by atoms with Crippen LogP contribution in [0.1, 0.15) is 37.3 Å². The Bertz CT molecular complexity index is 606. The van der Waals surface area contributed by atoms with Gasteiger partial charge in [0.1, 0.15) is 12.4 Å². The lowest BCUT2D eigenvalue weighted by atomic mass is 9.87. The number of aryl methyl sites for hydroxylation is 1. The third-order valence-corrected chi connectivity index (χ3v) is 5.39. The Balaban J connectivity index is 0.00000169. The lowest BCUT2D eigenvalue weighted by Crippen LogP contribution is -2.42. The number of hydrogen-bond donors (Lipinski definition) is 1. The molecule has 1 aliphatic carbocycles. The van der Waals surface area contributed by atoms with Gasteiger partial charge in [-0.15, -0.1) is 34.2 Å². The lowest BCUT2D eigenvalue weighted by Gasteiger charge is -2.25. The molecule has 2 saturated heterocycles.